The molecule has 0 aliphatic rings. The summed E-state index contributed by atoms with van der Waals surface area (Å²) in [5.41, 5.74) is -2.40. The number of carboxylic acid groups (broad SMARTS) is 2. The summed E-state index contributed by atoms with van der Waals surface area (Å²) in [5, 5.41) is 27.3. The molecule has 6 heteroatoms. The van der Waals surface area contributed by atoms with Crippen molar-refractivity contribution < 1.29 is 29.7 Å². The molecule has 6 nitrogen and oxygen atoms in total. The second-order valence-corrected chi connectivity index (χ2v) is 3.48. The Morgan fingerprint density at radius 3 is 1.88 bits per heavy atom. The second kappa shape index (κ2) is 4.89. The van der Waals surface area contributed by atoms with Crippen molar-refractivity contribution in [1.82, 2.24) is 0 Å². The highest BCUT2D eigenvalue weighted by atomic mass is 16.4. The third kappa shape index (κ3) is 1.96. The monoisotopic (exact) mass is 230 g/mol. The Morgan fingerprint density at radius 1 is 1.25 bits per heavy atom. The molecule has 0 aliphatic carbocycles. The second-order valence-electron chi connectivity index (χ2n) is 3.48. The molecule has 90 valence electrons. The van der Waals surface area contributed by atoms with Crippen LogP contribution in [0.2, 0.25) is 0 Å². The molecule has 3 N–H and O–H groups in total. The maximum Gasteiger partial charge on any atom is 0.321 e. The van der Waals surface area contributed by atoms with Crippen LogP contribution in [0.25, 0.3) is 0 Å². The standard InChI is InChI=1S/C10H14O6/c1-4-7(12)10(6(3)11,9(15)16)5(2)8(13)14/h4-6,11H,1H2,2-3H3,(H,13,14)(H,15,16). The van der Waals surface area contributed by atoms with E-state index in [4.69, 9.17) is 10.2 Å². The number of allylic oxidation sites excluding steroid dienone is 1. The highest BCUT2D eigenvalue weighted by Gasteiger charge is 2.56. The SMILES string of the molecule is C=CC(=O)C(C(=O)O)(C(C)O)C(C)C(=O)O. The number of carbonyl (C=O) groups excluding carboxylic acids is 1. The third-order valence-corrected chi connectivity index (χ3v) is 2.66. The molecule has 0 saturated carbocycles. The van der Waals surface area contributed by atoms with Crippen LogP contribution in [0.4, 0.5) is 0 Å². The average molecular weight is 230 g/mol. The summed E-state index contributed by atoms with van der Waals surface area (Å²) in [6.07, 6.45) is -0.929. The van der Waals surface area contributed by atoms with E-state index in [9.17, 15) is 19.5 Å². The molecule has 0 aliphatic heterocycles. The van der Waals surface area contributed by atoms with E-state index in [1.54, 1.807) is 0 Å². The van der Waals surface area contributed by atoms with E-state index in [1.165, 1.54) is 0 Å². The zero-order chi connectivity index (χ0) is 13.1. The third-order valence-electron chi connectivity index (χ3n) is 2.66. The van der Waals surface area contributed by atoms with E-state index in [2.05, 4.69) is 6.58 Å². The Bertz CT molecular complexity index is 332. The lowest BCUT2D eigenvalue weighted by molar-refractivity contribution is -0.173. The molecule has 0 aromatic rings. The van der Waals surface area contributed by atoms with Crippen molar-refractivity contribution >= 4 is 17.7 Å². The van der Waals surface area contributed by atoms with E-state index in [-0.39, 0.29) is 0 Å². The van der Waals surface area contributed by atoms with Crippen LogP contribution in [0.5, 0.6) is 0 Å². The van der Waals surface area contributed by atoms with Gasteiger partial charge in [0.05, 0.1) is 12.0 Å². The molecule has 0 rings (SSSR count). The maximum atomic E-state index is 11.5. The Balaban J connectivity index is 5.81. The van der Waals surface area contributed by atoms with E-state index >= 15 is 0 Å². The predicted octanol–water partition coefficient (Wildman–Crippen LogP) is -0.0860. The zero-order valence-electron chi connectivity index (χ0n) is 9.01. The molecule has 0 spiro atoms. The Labute approximate surface area is 92.2 Å². The predicted molar refractivity (Wildman–Crippen MR) is 53.8 cm³/mol. The summed E-state index contributed by atoms with van der Waals surface area (Å²) in [6.45, 7) is 5.24. The molecule has 16 heavy (non-hydrogen) atoms. The van der Waals surface area contributed by atoms with Crippen molar-refractivity contribution in [2.45, 2.75) is 20.0 Å². The summed E-state index contributed by atoms with van der Waals surface area (Å²) >= 11 is 0. The van der Waals surface area contributed by atoms with Gasteiger partial charge in [0.2, 0.25) is 0 Å². The van der Waals surface area contributed by atoms with Gasteiger partial charge >= 0.3 is 11.9 Å². The minimum atomic E-state index is -2.40. The Kier molecular flexibility index (Phi) is 4.37. The molecule has 0 aromatic heterocycles. The van der Waals surface area contributed by atoms with Crippen molar-refractivity contribution in [2.24, 2.45) is 11.3 Å². The van der Waals surface area contributed by atoms with Gasteiger partial charge in [-0.05, 0) is 13.0 Å². The number of carboxylic acids is 2. The lowest BCUT2D eigenvalue weighted by Gasteiger charge is -2.32. The quantitative estimate of drug-likeness (QED) is 0.434. The first-order valence-corrected chi connectivity index (χ1v) is 4.54. The molecule has 0 saturated heterocycles. The Morgan fingerprint density at radius 2 is 1.69 bits per heavy atom. The molecular formula is C10H14O6. The van der Waals surface area contributed by atoms with Crippen molar-refractivity contribution in [1.29, 1.82) is 0 Å². The van der Waals surface area contributed by atoms with Crippen LogP contribution in [0.15, 0.2) is 12.7 Å². The van der Waals surface area contributed by atoms with Crippen LogP contribution in [0.3, 0.4) is 0 Å². The van der Waals surface area contributed by atoms with Gasteiger partial charge in [0.1, 0.15) is 0 Å². The molecule has 0 amide bonds. The van der Waals surface area contributed by atoms with Crippen LogP contribution in [0, 0.1) is 11.3 Å². The minimum absolute atomic E-state index is 0.709. The first-order valence-electron chi connectivity index (χ1n) is 4.54. The normalized spacial score (nSPS) is 17.9. The van der Waals surface area contributed by atoms with Gasteiger partial charge in [0.15, 0.2) is 11.2 Å². The number of rotatable bonds is 6. The maximum absolute atomic E-state index is 11.5. The fourth-order valence-electron chi connectivity index (χ4n) is 1.61. The number of aliphatic hydroxyl groups is 1. The fourth-order valence-corrected chi connectivity index (χ4v) is 1.61. The largest absolute Gasteiger partial charge is 0.481 e. The molecule has 3 unspecified atom stereocenters. The topological polar surface area (TPSA) is 112 Å². The molecule has 3 atom stereocenters. The van der Waals surface area contributed by atoms with E-state index < -0.39 is 35.2 Å². The van der Waals surface area contributed by atoms with Crippen LogP contribution >= 0.6 is 0 Å². The van der Waals surface area contributed by atoms with Gasteiger partial charge in [-0.1, -0.05) is 13.5 Å². The van der Waals surface area contributed by atoms with E-state index in [0.29, 0.717) is 6.08 Å². The van der Waals surface area contributed by atoms with Crippen LogP contribution in [-0.2, 0) is 14.4 Å². The van der Waals surface area contributed by atoms with E-state index in [0.717, 1.165) is 13.8 Å². The van der Waals surface area contributed by atoms with Crippen LogP contribution in [-0.4, -0.2) is 39.1 Å². The van der Waals surface area contributed by atoms with Crippen molar-refractivity contribution in [3.63, 3.8) is 0 Å². The average Bonchev–Trinajstić information content (AvgIpc) is 2.16. The van der Waals surface area contributed by atoms with Crippen molar-refractivity contribution in [3.8, 4) is 0 Å². The molecule has 0 aromatic carbocycles. The van der Waals surface area contributed by atoms with Crippen LogP contribution < -0.4 is 0 Å². The first kappa shape index (κ1) is 14.3. The summed E-state index contributed by atoms with van der Waals surface area (Å²) in [5.74, 6) is -5.74. The van der Waals surface area contributed by atoms with Crippen molar-refractivity contribution in [2.75, 3.05) is 0 Å². The zero-order valence-corrected chi connectivity index (χ0v) is 9.01. The smallest absolute Gasteiger partial charge is 0.321 e. The number of aliphatic carboxylic acids is 2. The van der Waals surface area contributed by atoms with Gasteiger partial charge in [0.25, 0.3) is 0 Å². The lowest BCUT2D eigenvalue weighted by Crippen LogP contribution is -2.54. The van der Waals surface area contributed by atoms with Crippen molar-refractivity contribution in [3.05, 3.63) is 12.7 Å². The molecule has 0 heterocycles. The first-order chi connectivity index (χ1) is 7.22. The number of aliphatic hydroxyl groups excluding tert-OH is 1. The lowest BCUT2D eigenvalue weighted by atomic mass is 9.69. The van der Waals surface area contributed by atoms with Gasteiger partial charge in [-0.3, -0.25) is 14.4 Å². The number of carbonyl (C=O) groups is 3. The highest BCUT2D eigenvalue weighted by molar-refractivity contribution is 6.11. The van der Waals surface area contributed by atoms with Crippen LogP contribution in [0.1, 0.15) is 13.8 Å². The van der Waals surface area contributed by atoms with Gasteiger partial charge in [-0.25, -0.2) is 0 Å². The molecule has 0 bridgehead atoms. The summed E-state index contributed by atoms with van der Waals surface area (Å²) < 4.78 is 0. The highest BCUT2D eigenvalue weighted by Crippen LogP contribution is 2.34. The summed E-state index contributed by atoms with van der Waals surface area (Å²) in [6, 6.07) is 0. The van der Waals surface area contributed by atoms with Gasteiger partial charge in [-0.15, -0.1) is 0 Å². The van der Waals surface area contributed by atoms with Gasteiger partial charge < -0.3 is 15.3 Å². The van der Waals surface area contributed by atoms with Gasteiger partial charge in [0, 0.05) is 0 Å². The fraction of sp³-hybridized carbons (Fsp3) is 0.500. The number of hydrogen-bond donors (Lipinski definition) is 3. The molecule has 0 fully saturated rings. The Hall–Kier alpha value is -1.69. The number of ketones is 1. The molecular weight excluding hydrogens is 216 g/mol. The summed E-state index contributed by atoms with van der Waals surface area (Å²) in [7, 11) is 0. The minimum Gasteiger partial charge on any atom is -0.481 e. The number of hydrogen-bond acceptors (Lipinski definition) is 4. The van der Waals surface area contributed by atoms with Gasteiger partial charge in [-0.2, -0.15) is 0 Å². The summed E-state index contributed by atoms with van der Waals surface area (Å²) in [4.78, 5) is 33.5. The molecule has 0 radical (unpaired) electrons. The van der Waals surface area contributed by atoms with E-state index in [1.807, 2.05) is 0 Å².